The molecule has 0 fully saturated rings. The van der Waals surface area contributed by atoms with Crippen LogP contribution in [0.5, 0.6) is 0 Å². The summed E-state index contributed by atoms with van der Waals surface area (Å²) in [5, 5.41) is 3.01. The lowest BCUT2D eigenvalue weighted by molar-refractivity contribution is 0.102. The monoisotopic (exact) mass is 312 g/mol. The molecule has 0 aliphatic rings. The van der Waals surface area contributed by atoms with E-state index in [0.717, 1.165) is 23.6 Å². The molecule has 0 atom stereocenters. The summed E-state index contributed by atoms with van der Waals surface area (Å²) in [6.45, 7) is 2.83. The van der Waals surface area contributed by atoms with Gasteiger partial charge in [0.1, 0.15) is 5.82 Å². The highest BCUT2D eigenvalue weighted by atomic mass is 16.1. The number of benzene rings is 1. The van der Waals surface area contributed by atoms with Gasteiger partial charge in [-0.3, -0.25) is 4.79 Å². The van der Waals surface area contributed by atoms with Gasteiger partial charge in [-0.15, -0.1) is 0 Å². The van der Waals surface area contributed by atoms with Gasteiger partial charge in [0.05, 0.1) is 0 Å². The van der Waals surface area contributed by atoms with Crippen molar-refractivity contribution in [1.29, 1.82) is 0 Å². The summed E-state index contributed by atoms with van der Waals surface area (Å²) >= 11 is 0. The van der Waals surface area contributed by atoms with Gasteiger partial charge in [-0.2, -0.15) is 0 Å². The quantitative estimate of drug-likeness (QED) is 0.922. The molecule has 1 amide bonds. The van der Waals surface area contributed by atoms with Crippen molar-refractivity contribution >= 4 is 17.4 Å². The van der Waals surface area contributed by atoms with Crippen molar-refractivity contribution in [3.63, 3.8) is 0 Å². The summed E-state index contributed by atoms with van der Waals surface area (Å²) in [7, 11) is 7.83. The number of amides is 1. The summed E-state index contributed by atoms with van der Waals surface area (Å²) in [5.74, 6) is 0.634. The fraction of sp³-hybridized carbons (Fsp3) is 0.333. The van der Waals surface area contributed by atoms with E-state index in [1.807, 2.05) is 45.2 Å². The van der Waals surface area contributed by atoms with Gasteiger partial charge in [0, 0.05) is 38.1 Å². The Kier molecular flexibility index (Phi) is 5.34. The van der Waals surface area contributed by atoms with Gasteiger partial charge in [0.25, 0.3) is 5.91 Å². The normalized spacial score (nSPS) is 10.7. The molecule has 23 heavy (non-hydrogen) atoms. The summed E-state index contributed by atoms with van der Waals surface area (Å²) in [6.07, 6.45) is 1.65. The van der Waals surface area contributed by atoms with E-state index in [1.165, 1.54) is 5.56 Å². The Balaban J connectivity index is 2.25. The molecule has 0 saturated carbocycles. The molecule has 0 radical (unpaired) electrons. The number of hydrogen-bond donors (Lipinski definition) is 1. The summed E-state index contributed by atoms with van der Waals surface area (Å²) in [4.78, 5) is 20.7. The highest BCUT2D eigenvalue weighted by Crippen LogP contribution is 2.20. The molecule has 1 N–H and O–H groups in total. The van der Waals surface area contributed by atoms with Gasteiger partial charge < -0.3 is 15.1 Å². The van der Waals surface area contributed by atoms with Gasteiger partial charge in [-0.25, -0.2) is 4.98 Å². The maximum Gasteiger partial charge on any atom is 0.255 e. The molecular weight excluding hydrogens is 288 g/mol. The van der Waals surface area contributed by atoms with Gasteiger partial charge in [0.2, 0.25) is 0 Å². The SMILES string of the molecule is Cc1ccc(NC(=O)c2ccnc(N(C)C)c2)c(CN(C)C)c1. The smallest absolute Gasteiger partial charge is 0.255 e. The zero-order chi connectivity index (χ0) is 17.0. The number of carbonyl (C=O) groups excluding carboxylic acids is 1. The van der Waals surface area contributed by atoms with Crippen molar-refractivity contribution in [2.75, 3.05) is 38.4 Å². The summed E-state index contributed by atoms with van der Waals surface area (Å²) < 4.78 is 0. The molecule has 0 saturated heterocycles. The molecule has 0 unspecified atom stereocenters. The number of carbonyl (C=O) groups is 1. The first-order valence-electron chi connectivity index (χ1n) is 7.56. The number of aryl methyl sites for hydroxylation is 1. The Morgan fingerprint density at radius 3 is 2.52 bits per heavy atom. The first kappa shape index (κ1) is 17.0. The van der Waals surface area contributed by atoms with Gasteiger partial charge in [0.15, 0.2) is 0 Å². The molecule has 5 nitrogen and oxygen atoms in total. The van der Waals surface area contributed by atoms with Crippen LogP contribution in [0.15, 0.2) is 36.5 Å². The molecule has 122 valence electrons. The second-order valence-electron chi connectivity index (χ2n) is 6.15. The van der Waals surface area contributed by atoms with Crippen LogP contribution in [0.4, 0.5) is 11.5 Å². The Hall–Kier alpha value is -2.40. The minimum atomic E-state index is -0.126. The van der Waals surface area contributed by atoms with Crippen molar-refractivity contribution < 1.29 is 4.79 Å². The van der Waals surface area contributed by atoms with E-state index in [2.05, 4.69) is 28.2 Å². The maximum absolute atomic E-state index is 12.5. The number of hydrogen-bond acceptors (Lipinski definition) is 4. The predicted octanol–water partition coefficient (Wildman–Crippen LogP) is 2.77. The van der Waals surface area contributed by atoms with Crippen LogP contribution >= 0.6 is 0 Å². The molecule has 1 aromatic carbocycles. The number of nitrogens with one attached hydrogen (secondary N) is 1. The summed E-state index contributed by atoms with van der Waals surface area (Å²) in [6, 6.07) is 9.58. The van der Waals surface area contributed by atoms with E-state index in [9.17, 15) is 4.79 Å². The minimum Gasteiger partial charge on any atom is -0.363 e. The van der Waals surface area contributed by atoms with Crippen molar-refractivity contribution in [1.82, 2.24) is 9.88 Å². The molecule has 0 bridgehead atoms. The van der Waals surface area contributed by atoms with Crippen LogP contribution in [0.1, 0.15) is 21.5 Å². The van der Waals surface area contributed by atoms with E-state index in [4.69, 9.17) is 0 Å². The van der Waals surface area contributed by atoms with E-state index < -0.39 is 0 Å². The fourth-order valence-electron chi connectivity index (χ4n) is 2.31. The van der Waals surface area contributed by atoms with E-state index in [1.54, 1.807) is 18.3 Å². The molecule has 1 heterocycles. The average Bonchev–Trinajstić information content (AvgIpc) is 2.49. The summed E-state index contributed by atoms with van der Waals surface area (Å²) in [5.41, 5.74) is 3.72. The molecule has 2 aromatic rings. The molecule has 5 heteroatoms. The standard InChI is InChI=1S/C18H24N4O/c1-13-6-7-16(15(10-13)12-21(2)3)20-18(23)14-8-9-19-17(11-14)22(4)5/h6-11H,12H2,1-5H3,(H,20,23). The van der Waals surface area contributed by atoms with Gasteiger partial charge in [-0.05, 0) is 44.8 Å². The Morgan fingerprint density at radius 1 is 1.13 bits per heavy atom. The molecule has 0 aliphatic carbocycles. The van der Waals surface area contributed by atoms with Crippen LogP contribution in [-0.4, -0.2) is 44.0 Å². The lowest BCUT2D eigenvalue weighted by Gasteiger charge is -2.16. The highest BCUT2D eigenvalue weighted by Gasteiger charge is 2.11. The number of pyridine rings is 1. The Bertz CT molecular complexity index is 695. The molecular formula is C18H24N4O. The zero-order valence-corrected chi connectivity index (χ0v) is 14.4. The van der Waals surface area contributed by atoms with Crippen molar-refractivity contribution in [2.24, 2.45) is 0 Å². The van der Waals surface area contributed by atoms with Gasteiger partial charge >= 0.3 is 0 Å². The lowest BCUT2D eigenvalue weighted by Crippen LogP contribution is -2.18. The third-order valence-corrected chi connectivity index (χ3v) is 3.46. The van der Waals surface area contributed by atoms with Crippen LogP contribution in [-0.2, 0) is 6.54 Å². The van der Waals surface area contributed by atoms with Crippen LogP contribution < -0.4 is 10.2 Å². The number of aromatic nitrogens is 1. The van der Waals surface area contributed by atoms with Gasteiger partial charge in [-0.1, -0.05) is 17.7 Å². The highest BCUT2D eigenvalue weighted by molar-refractivity contribution is 6.05. The second kappa shape index (κ2) is 7.24. The molecule has 0 aliphatic heterocycles. The lowest BCUT2D eigenvalue weighted by atomic mass is 10.1. The van der Waals surface area contributed by atoms with Crippen LogP contribution in [0, 0.1) is 6.92 Å². The number of nitrogens with zero attached hydrogens (tertiary/aromatic N) is 3. The largest absolute Gasteiger partial charge is 0.363 e. The number of anilines is 2. The van der Waals surface area contributed by atoms with Crippen molar-refractivity contribution in [2.45, 2.75) is 13.5 Å². The Morgan fingerprint density at radius 2 is 1.87 bits per heavy atom. The first-order chi connectivity index (χ1) is 10.9. The minimum absolute atomic E-state index is 0.126. The molecule has 0 spiro atoms. The zero-order valence-electron chi connectivity index (χ0n) is 14.4. The van der Waals surface area contributed by atoms with Crippen molar-refractivity contribution in [3.05, 3.63) is 53.2 Å². The predicted molar refractivity (Wildman–Crippen MR) is 95.1 cm³/mol. The van der Waals surface area contributed by atoms with Crippen LogP contribution in [0.25, 0.3) is 0 Å². The second-order valence-corrected chi connectivity index (χ2v) is 6.15. The molecule has 2 rings (SSSR count). The fourth-order valence-corrected chi connectivity index (χ4v) is 2.31. The van der Waals surface area contributed by atoms with Crippen molar-refractivity contribution in [3.8, 4) is 0 Å². The maximum atomic E-state index is 12.5. The number of rotatable bonds is 5. The average molecular weight is 312 g/mol. The van der Waals surface area contributed by atoms with Crippen LogP contribution in [0.2, 0.25) is 0 Å². The third kappa shape index (κ3) is 4.53. The van der Waals surface area contributed by atoms with Crippen LogP contribution in [0.3, 0.4) is 0 Å². The van der Waals surface area contributed by atoms with E-state index >= 15 is 0 Å². The Labute approximate surface area is 137 Å². The third-order valence-electron chi connectivity index (χ3n) is 3.46. The first-order valence-corrected chi connectivity index (χ1v) is 7.56. The van der Waals surface area contributed by atoms with E-state index in [0.29, 0.717) is 5.56 Å². The molecule has 1 aromatic heterocycles. The van der Waals surface area contributed by atoms with E-state index in [-0.39, 0.29) is 5.91 Å². The topological polar surface area (TPSA) is 48.5 Å².